The molecule has 0 amide bonds. The number of benzene rings is 17. The fourth-order valence-electron chi connectivity index (χ4n) is 20.2. The molecule has 19 aromatic carbocycles. The van der Waals surface area contributed by atoms with E-state index in [4.69, 9.17) is 11.5 Å². The summed E-state index contributed by atoms with van der Waals surface area (Å²) in [7, 11) is 0. The first-order chi connectivity index (χ1) is 54.7. The first-order valence-corrected chi connectivity index (χ1v) is 40.0. The van der Waals surface area contributed by atoms with E-state index in [0.717, 1.165) is 72.4 Å². The highest BCUT2D eigenvalue weighted by molar-refractivity contribution is 6.48. The van der Waals surface area contributed by atoms with Crippen molar-refractivity contribution < 1.29 is 0 Å². The van der Waals surface area contributed by atoms with E-state index in [2.05, 4.69) is 349 Å². The summed E-state index contributed by atoms with van der Waals surface area (Å²) in [6, 6.07) is 115. The molecule has 0 radical (unpaired) electrons. The number of anilines is 2. The highest BCUT2D eigenvalue weighted by Crippen LogP contribution is 2.65. The standard InChI is InChI=1S/C107H84N4/c1-6-60-110-105-89(66-40-24-14-25-41-66)101-79-51-31-47-75-71(55-59-83(94(75)79)102(101)90(106(105)111-61-7-2)67-42-26-15-27-43-67)69-53-57-81-92-73(69)45-29-49-77(92)96-85(62-32-16-10-17-33-62)95-76-48-28-44-72-68(52-56-80(91(72)76)98(95)86(99(81)96)63-34-18-11-19-35-63)70-54-58-82-93-74(70)46-30-50-78(93)97-87(64-36-20-12-21-37-64)103(84(108)8-3)104(107(5,109)9-4)88(100(82)97)65-38-22-13-23-39-65/h10-59,84,110-111H,6-9,60-61,108-109H2,1-5H3. The third kappa shape index (κ3) is 9.67. The van der Waals surface area contributed by atoms with E-state index in [1.165, 1.54) is 209 Å². The predicted octanol–water partition coefficient (Wildman–Crippen LogP) is 29.1. The Balaban J connectivity index is 0.812. The van der Waals surface area contributed by atoms with E-state index in [-0.39, 0.29) is 6.04 Å². The van der Waals surface area contributed by atoms with Gasteiger partial charge in [-0.1, -0.05) is 331 Å². The van der Waals surface area contributed by atoms with Crippen molar-refractivity contribution in [3.63, 3.8) is 0 Å². The molecule has 2 aliphatic carbocycles. The average molecular weight is 1430 g/mol. The van der Waals surface area contributed by atoms with Gasteiger partial charge in [0, 0.05) is 46.9 Å². The van der Waals surface area contributed by atoms with Gasteiger partial charge in [0.05, 0.1) is 11.4 Å². The Morgan fingerprint density at radius 2 is 0.541 bits per heavy atom. The van der Waals surface area contributed by atoms with Crippen LogP contribution in [0.4, 0.5) is 11.4 Å². The minimum atomic E-state index is -0.699. The Morgan fingerprint density at radius 1 is 0.261 bits per heavy atom. The molecule has 0 saturated heterocycles. The summed E-state index contributed by atoms with van der Waals surface area (Å²) in [5.74, 6) is 0. The summed E-state index contributed by atoms with van der Waals surface area (Å²) < 4.78 is 0. The van der Waals surface area contributed by atoms with Crippen LogP contribution in [0, 0.1) is 0 Å². The van der Waals surface area contributed by atoms with Crippen LogP contribution in [0.2, 0.25) is 0 Å². The van der Waals surface area contributed by atoms with Crippen LogP contribution in [0.3, 0.4) is 0 Å². The normalized spacial score (nSPS) is 13.1. The molecule has 2 unspecified atom stereocenters. The van der Waals surface area contributed by atoms with Gasteiger partial charge in [0.25, 0.3) is 0 Å². The Kier molecular flexibility index (Phi) is 15.6. The van der Waals surface area contributed by atoms with Crippen molar-refractivity contribution in [1.82, 2.24) is 0 Å². The van der Waals surface area contributed by atoms with Gasteiger partial charge in [-0.15, -0.1) is 0 Å². The molecule has 0 bridgehead atoms. The molecule has 532 valence electrons. The third-order valence-electron chi connectivity index (χ3n) is 25.0. The van der Waals surface area contributed by atoms with Crippen molar-refractivity contribution in [1.29, 1.82) is 0 Å². The summed E-state index contributed by atoms with van der Waals surface area (Å²) in [5, 5.41) is 28.4. The number of fused-ring (bicyclic) bond motifs is 12. The Labute approximate surface area is 648 Å². The van der Waals surface area contributed by atoms with Gasteiger partial charge < -0.3 is 22.1 Å². The maximum Gasteiger partial charge on any atom is 0.0668 e. The van der Waals surface area contributed by atoms with Crippen LogP contribution in [-0.4, -0.2) is 13.1 Å². The largest absolute Gasteiger partial charge is 0.383 e. The first-order valence-electron chi connectivity index (χ1n) is 40.0. The van der Waals surface area contributed by atoms with Crippen molar-refractivity contribution in [2.24, 2.45) is 11.5 Å². The molecule has 0 saturated carbocycles. The van der Waals surface area contributed by atoms with E-state index in [9.17, 15) is 0 Å². The minimum Gasteiger partial charge on any atom is -0.383 e. The van der Waals surface area contributed by atoms with Crippen molar-refractivity contribution in [3.05, 3.63) is 314 Å². The van der Waals surface area contributed by atoms with Crippen LogP contribution in [-0.2, 0) is 5.54 Å². The van der Waals surface area contributed by atoms with Gasteiger partial charge in [-0.05, 0) is 241 Å². The number of hydrogen-bond acceptors (Lipinski definition) is 4. The monoisotopic (exact) mass is 1420 g/mol. The van der Waals surface area contributed by atoms with E-state index in [1.54, 1.807) is 0 Å². The van der Waals surface area contributed by atoms with Gasteiger partial charge in [0.2, 0.25) is 0 Å². The Bertz CT molecular complexity index is 6800. The molecule has 6 N–H and O–H groups in total. The Morgan fingerprint density at radius 3 is 0.901 bits per heavy atom. The highest BCUT2D eigenvalue weighted by atomic mass is 15.0. The lowest BCUT2D eigenvalue weighted by Gasteiger charge is -2.35. The van der Waals surface area contributed by atoms with Gasteiger partial charge in [-0.2, -0.15) is 0 Å². The quantitative estimate of drug-likeness (QED) is 0.0691. The SMILES string of the molecule is CCCNc1c(NCCC)c(-c2ccccc2)c2c(c1-c1ccccc1)-c1cccc3c(-c4ccc5c6c(-c7ccccc7)c7c8ccc(-c9ccc%10c%11c(cccc9%11)-c9c-%10c(-c%10ccccc%10)c(C(C)(N)CC)c(C(N)CC)c9-c9ccccc9)c9cccc(c7c(-c7ccccc7)c6c6cccc4c65)c98)ccc-2c13. The molecule has 111 heavy (non-hydrogen) atoms. The van der Waals surface area contributed by atoms with Gasteiger partial charge in [0.15, 0.2) is 0 Å². The van der Waals surface area contributed by atoms with Crippen molar-refractivity contribution in [2.45, 2.75) is 71.9 Å². The van der Waals surface area contributed by atoms with Crippen molar-refractivity contribution in [2.75, 3.05) is 23.7 Å². The summed E-state index contributed by atoms with van der Waals surface area (Å²) in [6.45, 7) is 12.9. The fourth-order valence-corrected chi connectivity index (χ4v) is 20.2. The second-order valence-corrected chi connectivity index (χ2v) is 31.2. The van der Waals surface area contributed by atoms with Crippen LogP contribution in [0.15, 0.2) is 303 Å². The van der Waals surface area contributed by atoms with Crippen molar-refractivity contribution in [3.8, 4) is 134 Å². The highest BCUT2D eigenvalue weighted by Gasteiger charge is 2.40. The summed E-state index contributed by atoms with van der Waals surface area (Å²) in [6.07, 6.45) is 3.50. The molecular formula is C107H84N4. The number of nitrogens with one attached hydrogen (secondary N) is 2. The molecule has 2 atom stereocenters. The lowest BCUT2D eigenvalue weighted by molar-refractivity contribution is 0.468. The maximum atomic E-state index is 7.73. The Hall–Kier alpha value is -12.7. The average Bonchev–Trinajstić information content (AvgIpc) is 1.52. The number of hydrogen-bond donors (Lipinski definition) is 4. The van der Waals surface area contributed by atoms with Crippen LogP contribution in [0.25, 0.3) is 220 Å². The summed E-state index contributed by atoms with van der Waals surface area (Å²) >= 11 is 0. The zero-order chi connectivity index (χ0) is 74.5. The van der Waals surface area contributed by atoms with Gasteiger partial charge in [0.1, 0.15) is 0 Å². The predicted molar refractivity (Wildman–Crippen MR) is 478 cm³/mol. The van der Waals surface area contributed by atoms with Crippen LogP contribution in [0.1, 0.15) is 77.5 Å². The van der Waals surface area contributed by atoms with E-state index < -0.39 is 5.54 Å². The van der Waals surface area contributed by atoms with Crippen LogP contribution < -0.4 is 22.1 Å². The number of nitrogens with two attached hydrogens (primary N) is 2. The van der Waals surface area contributed by atoms with Gasteiger partial charge >= 0.3 is 0 Å². The van der Waals surface area contributed by atoms with Gasteiger partial charge in [-0.3, -0.25) is 0 Å². The zero-order valence-corrected chi connectivity index (χ0v) is 63.3. The maximum absolute atomic E-state index is 7.73. The molecule has 0 aliphatic heterocycles. The summed E-state index contributed by atoms with van der Waals surface area (Å²) in [4.78, 5) is 0. The minimum absolute atomic E-state index is 0.261. The fraction of sp³-hybridized carbons (Fsp3) is 0.121. The molecule has 0 spiro atoms. The van der Waals surface area contributed by atoms with Crippen molar-refractivity contribution >= 4 is 97.6 Å². The lowest BCUT2D eigenvalue weighted by atomic mass is 9.72. The zero-order valence-electron chi connectivity index (χ0n) is 63.3. The molecular weight excluding hydrogens is 1340 g/mol. The number of rotatable bonds is 18. The van der Waals surface area contributed by atoms with E-state index in [1.807, 2.05) is 0 Å². The molecule has 19 aromatic rings. The second-order valence-electron chi connectivity index (χ2n) is 31.2. The molecule has 0 fully saturated rings. The summed E-state index contributed by atoms with van der Waals surface area (Å²) in [5.41, 5.74) is 48.6. The topological polar surface area (TPSA) is 76.1 Å². The molecule has 4 nitrogen and oxygen atoms in total. The van der Waals surface area contributed by atoms with Crippen LogP contribution >= 0.6 is 0 Å². The molecule has 0 heterocycles. The van der Waals surface area contributed by atoms with E-state index >= 15 is 0 Å². The molecule has 21 rings (SSSR count). The smallest absolute Gasteiger partial charge is 0.0668 e. The first kappa shape index (κ1) is 66.5. The molecule has 4 heteroatoms. The lowest BCUT2D eigenvalue weighted by Crippen LogP contribution is -2.35. The second kappa shape index (κ2) is 26.0. The van der Waals surface area contributed by atoms with Crippen LogP contribution in [0.5, 0.6) is 0 Å². The van der Waals surface area contributed by atoms with Gasteiger partial charge in [-0.25, -0.2) is 0 Å². The molecule has 2 aliphatic rings. The molecule has 0 aromatic heterocycles. The third-order valence-corrected chi connectivity index (χ3v) is 25.0. The van der Waals surface area contributed by atoms with E-state index in [0.29, 0.717) is 0 Å².